The highest BCUT2D eigenvalue weighted by atomic mass is 14.7. The SMILES string of the molecule is CC.Cc1cnc(C)c(C(C)C)c1. The summed E-state index contributed by atoms with van der Waals surface area (Å²) in [5.74, 6) is 0.586. The summed E-state index contributed by atoms with van der Waals surface area (Å²) in [6, 6.07) is 2.22. The van der Waals surface area contributed by atoms with Crippen LogP contribution in [-0.4, -0.2) is 4.98 Å². The van der Waals surface area contributed by atoms with E-state index in [0.717, 1.165) is 5.69 Å². The highest BCUT2D eigenvalue weighted by Gasteiger charge is 2.03. The largest absolute Gasteiger partial charge is 0.261 e. The van der Waals surface area contributed by atoms with Crippen molar-refractivity contribution >= 4 is 0 Å². The van der Waals surface area contributed by atoms with Crippen LogP contribution in [0.1, 0.15) is 50.4 Å². The Morgan fingerprint density at radius 2 is 1.69 bits per heavy atom. The first-order valence-electron chi connectivity index (χ1n) is 5.04. The maximum absolute atomic E-state index is 4.30. The predicted octanol–water partition coefficient (Wildman–Crippen LogP) is 3.85. The summed E-state index contributed by atoms with van der Waals surface area (Å²) in [5, 5.41) is 0. The van der Waals surface area contributed by atoms with Gasteiger partial charge in [0.25, 0.3) is 0 Å². The van der Waals surface area contributed by atoms with Crippen LogP contribution in [0, 0.1) is 13.8 Å². The van der Waals surface area contributed by atoms with Crippen molar-refractivity contribution in [2.24, 2.45) is 0 Å². The van der Waals surface area contributed by atoms with Crippen molar-refractivity contribution in [1.82, 2.24) is 4.98 Å². The predicted molar refractivity (Wildman–Crippen MR) is 59.1 cm³/mol. The van der Waals surface area contributed by atoms with Crippen LogP contribution in [0.15, 0.2) is 12.3 Å². The maximum Gasteiger partial charge on any atom is 0.0407 e. The molecule has 1 heterocycles. The summed E-state index contributed by atoms with van der Waals surface area (Å²) in [5.41, 5.74) is 3.77. The van der Waals surface area contributed by atoms with Crippen LogP contribution in [0.25, 0.3) is 0 Å². The molecule has 0 atom stereocenters. The Labute approximate surface area is 82.2 Å². The third-order valence-corrected chi connectivity index (χ3v) is 1.88. The molecule has 1 heteroatoms. The summed E-state index contributed by atoms with van der Waals surface area (Å²) >= 11 is 0. The van der Waals surface area contributed by atoms with Gasteiger partial charge in [-0.25, -0.2) is 0 Å². The van der Waals surface area contributed by atoms with E-state index >= 15 is 0 Å². The monoisotopic (exact) mass is 179 g/mol. The molecule has 0 bridgehead atoms. The molecule has 13 heavy (non-hydrogen) atoms. The Kier molecular flexibility index (Phi) is 5.36. The Hall–Kier alpha value is -0.850. The first-order chi connectivity index (χ1) is 6.11. The van der Waals surface area contributed by atoms with Gasteiger partial charge in [-0.05, 0) is 30.9 Å². The summed E-state index contributed by atoms with van der Waals surface area (Å²) in [4.78, 5) is 4.30. The van der Waals surface area contributed by atoms with Gasteiger partial charge < -0.3 is 0 Å². The molecule has 0 saturated heterocycles. The zero-order chi connectivity index (χ0) is 10.4. The summed E-state index contributed by atoms with van der Waals surface area (Å²) in [7, 11) is 0. The molecule has 0 N–H and O–H groups in total. The van der Waals surface area contributed by atoms with Gasteiger partial charge in [0.2, 0.25) is 0 Å². The zero-order valence-electron chi connectivity index (χ0n) is 9.68. The molecule has 0 unspecified atom stereocenters. The second kappa shape index (κ2) is 5.74. The second-order valence-electron chi connectivity index (χ2n) is 3.34. The minimum absolute atomic E-state index is 0.586. The molecule has 0 amide bonds. The lowest BCUT2D eigenvalue weighted by Gasteiger charge is -2.08. The van der Waals surface area contributed by atoms with E-state index in [-0.39, 0.29) is 0 Å². The first kappa shape index (κ1) is 12.2. The van der Waals surface area contributed by atoms with Gasteiger partial charge in [0.05, 0.1) is 0 Å². The van der Waals surface area contributed by atoms with E-state index in [1.165, 1.54) is 11.1 Å². The summed E-state index contributed by atoms with van der Waals surface area (Å²) in [6.45, 7) is 12.5. The maximum atomic E-state index is 4.30. The van der Waals surface area contributed by atoms with Crippen molar-refractivity contribution in [2.75, 3.05) is 0 Å². The first-order valence-corrected chi connectivity index (χ1v) is 5.04. The van der Waals surface area contributed by atoms with E-state index in [4.69, 9.17) is 0 Å². The average Bonchev–Trinajstić information content (AvgIpc) is 2.12. The minimum atomic E-state index is 0.586. The fourth-order valence-electron chi connectivity index (χ4n) is 1.24. The van der Waals surface area contributed by atoms with Crippen molar-refractivity contribution in [3.63, 3.8) is 0 Å². The van der Waals surface area contributed by atoms with Gasteiger partial charge in [0, 0.05) is 11.9 Å². The van der Waals surface area contributed by atoms with Crippen LogP contribution < -0.4 is 0 Å². The molecule has 0 fully saturated rings. The summed E-state index contributed by atoms with van der Waals surface area (Å²) < 4.78 is 0. The number of nitrogens with zero attached hydrogens (tertiary/aromatic N) is 1. The van der Waals surface area contributed by atoms with Gasteiger partial charge in [0.15, 0.2) is 0 Å². The molecule has 0 aliphatic rings. The van der Waals surface area contributed by atoms with E-state index in [0.29, 0.717) is 5.92 Å². The van der Waals surface area contributed by atoms with E-state index in [1.807, 2.05) is 20.0 Å². The van der Waals surface area contributed by atoms with Crippen LogP contribution in [0.4, 0.5) is 0 Å². The fourth-order valence-corrected chi connectivity index (χ4v) is 1.24. The molecular formula is C12H21N. The normalized spacial score (nSPS) is 9.46. The number of hydrogen-bond donors (Lipinski definition) is 0. The minimum Gasteiger partial charge on any atom is -0.261 e. The van der Waals surface area contributed by atoms with Crippen molar-refractivity contribution in [2.45, 2.75) is 47.5 Å². The number of rotatable bonds is 1. The molecule has 0 aliphatic heterocycles. The number of aromatic nitrogens is 1. The fraction of sp³-hybridized carbons (Fsp3) is 0.583. The van der Waals surface area contributed by atoms with Gasteiger partial charge >= 0.3 is 0 Å². The molecule has 74 valence electrons. The van der Waals surface area contributed by atoms with E-state index < -0.39 is 0 Å². The van der Waals surface area contributed by atoms with E-state index in [1.54, 1.807) is 0 Å². The standard InChI is InChI=1S/C10H15N.C2H6/c1-7(2)10-5-8(3)6-11-9(10)4;1-2/h5-7H,1-4H3;1-2H3. The molecule has 0 radical (unpaired) electrons. The van der Waals surface area contributed by atoms with Crippen molar-refractivity contribution in [1.29, 1.82) is 0 Å². The second-order valence-corrected chi connectivity index (χ2v) is 3.34. The molecule has 1 rings (SSSR count). The lowest BCUT2D eigenvalue weighted by molar-refractivity contribution is 0.840. The number of pyridine rings is 1. The molecule has 1 nitrogen and oxygen atoms in total. The average molecular weight is 179 g/mol. The highest BCUT2D eigenvalue weighted by Crippen LogP contribution is 2.17. The number of hydrogen-bond acceptors (Lipinski definition) is 1. The topological polar surface area (TPSA) is 12.9 Å². The molecular weight excluding hydrogens is 158 g/mol. The Balaban J connectivity index is 0.000000671. The van der Waals surface area contributed by atoms with Crippen molar-refractivity contribution in [3.8, 4) is 0 Å². The molecule has 0 spiro atoms. The quantitative estimate of drug-likeness (QED) is 0.638. The zero-order valence-corrected chi connectivity index (χ0v) is 9.68. The van der Waals surface area contributed by atoms with Crippen LogP contribution >= 0.6 is 0 Å². The Morgan fingerprint density at radius 1 is 1.15 bits per heavy atom. The lowest BCUT2D eigenvalue weighted by atomic mass is 10.0. The molecule has 0 aromatic carbocycles. The Bertz CT molecular complexity index is 251. The molecule has 0 aliphatic carbocycles. The van der Waals surface area contributed by atoms with Crippen LogP contribution in [0.5, 0.6) is 0 Å². The third-order valence-electron chi connectivity index (χ3n) is 1.88. The molecule has 0 saturated carbocycles. The van der Waals surface area contributed by atoms with Crippen LogP contribution in [0.3, 0.4) is 0 Å². The highest BCUT2D eigenvalue weighted by molar-refractivity contribution is 5.26. The van der Waals surface area contributed by atoms with Crippen molar-refractivity contribution < 1.29 is 0 Å². The van der Waals surface area contributed by atoms with Gasteiger partial charge in [-0.2, -0.15) is 0 Å². The van der Waals surface area contributed by atoms with Gasteiger partial charge in [-0.15, -0.1) is 0 Å². The van der Waals surface area contributed by atoms with E-state index in [2.05, 4.69) is 38.7 Å². The smallest absolute Gasteiger partial charge is 0.0407 e. The van der Waals surface area contributed by atoms with Crippen LogP contribution in [0.2, 0.25) is 0 Å². The van der Waals surface area contributed by atoms with Gasteiger partial charge in [0.1, 0.15) is 0 Å². The summed E-state index contributed by atoms with van der Waals surface area (Å²) in [6.07, 6.45) is 1.92. The van der Waals surface area contributed by atoms with Gasteiger partial charge in [-0.1, -0.05) is 33.8 Å². The third kappa shape index (κ3) is 3.58. The van der Waals surface area contributed by atoms with Crippen LogP contribution in [-0.2, 0) is 0 Å². The Morgan fingerprint density at radius 3 is 2.08 bits per heavy atom. The van der Waals surface area contributed by atoms with Crippen molar-refractivity contribution in [3.05, 3.63) is 29.1 Å². The number of aryl methyl sites for hydroxylation is 2. The van der Waals surface area contributed by atoms with Gasteiger partial charge in [-0.3, -0.25) is 4.98 Å². The lowest BCUT2D eigenvalue weighted by Crippen LogP contribution is -1.95. The van der Waals surface area contributed by atoms with E-state index in [9.17, 15) is 0 Å². The molecule has 1 aromatic rings. The molecule has 1 aromatic heterocycles.